The van der Waals surface area contributed by atoms with Crippen LogP contribution in [-0.2, 0) is 17.9 Å². The van der Waals surface area contributed by atoms with Gasteiger partial charge in [-0.05, 0) is 31.0 Å². The van der Waals surface area contributed by atoms with E-state index in [0.29, 0.717) is 18.0 Å². The molecule has 1 aliphatic rings. The van der Waals surface area contributed by atoms with Crippen LogP contribution in [0.5, 0.6) is 0 Å². The highest BCUT2D eigenvalue weighted by molar-refractivity contribution is 14.0. The zero-order valence-electron chi connectivity index (χ0n) is 19.2. The zero-order chi connectivity index (χ0) is 22.7. The Labute approximate surface area is 207 Å². The predicted molar refractivity (Wildman–Crippen MR) is 133 cm³/mol. The molecule has 184 valence electrons. The SMILES string of the molecule is CCNC(=NCc1ccc(COCC(F)(F)F)cc1)NCC(C)CN1CCN(C)CC1.I. The van der Waals surface area contributed by atoms with Crippen molar-refractivity contribution >= 4 is 29.9 Å². The van der Waals surface area contributed by atoms with Gasteiger partial charge < -0.3 is 25.2 Å². The molecule has 0 bridgehead atoms. The number of hydrogen-bond donors (Lipinski definition) is 2. The monoisotopic (exact) mass is 571 g/mol. The summed E-state index contributed by atoms with van der Waals surface area (Å²) in [6.07, 6.45) is -4.30. The van der Waals surface area contributed by atoms with Crippen molar-refractivity contribution in [3.05, 3.63) is 35.4 Å². The highest BCUT2D eigenvalue weighted by Crippen LogP contribution is 2.16. The number of halogens is 4. The van der Waals surface area contributed by atoms with Crippen LogP contribution in [0.2, 0.25) is 0 Å². The van der Waals surface area contributed by atoms with Gasteiger partial charge in [0.25, 0.3) is 0 Å². The molecule has 2 N–H and O–H groups in total. The fourth-order valence-corrected chi connectivity index (χ4v) is 3.34. The summed E-state index contributed by atoms with van der Waals surface area (Å²) in [6, 6.07) is 7.30. The molecule has 0 saturated carbocycles. The first-order chi connectivity index (χ1) is 14.7. The van der Waals surface area contributed by atoms with Gasteiger partial charge in [0.1, 0.15) is 6.61 Å². The Bertz CT molecular complexity index is 665. The number of nitrogens with one attached hydrogen (secondary N) is 2. The van der Waals surface area contributed by atoms with Gasteiger partial charge in [0.2, 0.25) is 0 Å². The average molecular weight is 571 g/mol. The van der Waals surface area contributed by atoms with Crippen molar-refractivity contribution < 1.29 is 17.9 Å². The van der Waals surface area contributed by atoms with Crippen LogP contribution in [0.3, 0.4) is 0 Å². The Morgan fingerprint density at radius 1 is 1.09 bits per heavy atom. The highest BCUT2D eigenvalue weighted by atomic mass is 127. The summed E-state index contributed by atoms with van der Waals surface area (Å²) in [5.74, 6) is 1.27. The minimum absolute atomic E-state index is 0. The van der Waals surface area contributed by atoms with E-state index in [1.165, 1.54) is 0 Å². The van der Waals surface area contributed by atoms with Crippen molar-refractivity contribution in [2.45, 2.75) is 33.2 Å². The van der Waals surface area contributed by atoms with E-state index in [9.17, 15) is 13.2 Å². The van der Waals surface area contributed by atoms with Crippen molar-refractivity contribution in [3.8, 4) is 0 Å². The van der Waals surface area contributed by atoms with Gasteiger partial charge in [0, 0.05) is 45.8 Å². The second-order valence-electron chi connectivity index (χ2n) is 8.21. The number of ether oxygens (including phenoxy) is 1. The first kappa shape index (κ1) is 28.9. The van der Waals surface area contributed by atoms with Crippen LogP contribution in [0.15, 0.2) is 29.3 Å². The molecule has 6 nitrogen and oxygen atoms in total. The molecular weight excluding hydrogens is 534 g/mol. The number of benzene rings is 1. The maximum Gasteiger partial charge on any atom is 0.411 e. The lowest BCUT2D eigenvalue weighted by Gasteiger charge is -2.34. The standard InChI is InChI=1S/C22H36F3N5O.HI/c1-4-26-21(27-13-18(2)15-30-11-9-29(3)10-12-30)28-14-19-5-7-20(8-6-19)16-31-17-22(23,24)25;/h5-8,18H,4,9-17H2,1-3H3,(H2,26,27,28);1H. The molecule has 0 amide bonds. The molecule has 1 atom stereocenters. The van der Waals surface area contributed by atoms with Crippen molar-refractivity contribution in [3.63, 3.8) is 0 Å². The van der Waals surface area contributed by atoms with E-state index in [1.54, 1.807) is 12.1 Å². The molecule has 1 saturated heterocycles. The van der Waals surface area contributed by atoms with Gasteiger partial charge in [-0.3, -0.25) is 0 Å². The Morgan fingerprint density at radius 3 is 2.31 bits per heavy atom. The zero-order valence-corrected chi connectivity index (χ0v) is 21.6. The molecule has 1 unspecified atom stereocenters. The number of hydrogen-bond acceptors (Lipinski definition) is 4. The van der Waals surface area contributed by atoms with Crippen LogP contribution in [0, 0.1) is 5.92 Å². The van der Waals surface area contributed by atoms with Crippen LogP contribution in [0.25, 0.3) is 0 Å². The summed E-state index contributed by atoms with van der Waals surface area (Å²) in [4.78, 5) is 9.50. The Kier molecular flexibility index (Phi) is 13.5. The number of piperazine rings is 1. The summed E-state index contributed by atoms with van der Waals surface area (Å²) in [5.41, 5.74) is 1.70. The van der Waals surface area contributed by atoms with Crippen molar-refractivity contribution in [2.24, 2.45) is 10.9 Å². The number of nitrogens with zero attached hydrogens (tertiary/aromatic N) is 3. The van der Waals surface area contributed by atoms with Crippen LogP contribution >= 0.6 is 24.0 Å². The first-order valence-corrected chi connectivity index (χ1v) is 10.9. The lowest BCUT2D eigenvalue weighted by Crippen LogP contribution is -2.47. The topological polar surface area (TPSA) is 52.1 Å². The fourth-order valence-electron chi connectivity index (χ4n) is 3.34. The summed E-state index contributed by atoms with van der Waals surface area (Å²) in [6.45, 7) is 10.6. The second kappa shape index (κ2) is 14.9. The van der Waals surface area contributed by atoms with E-state index in [1.807, 2.05) is 19.1 Å². The van der Waals surface area contributed by atoms with E-state index in [2.05, 4.69) is 44.1 Å². The fraction of sp³-hybridized carbons (Fsp3) is 0.682. The van der Waals surface area contributed by atoms with E-state index >= 15 is 0 Å². The van der Waals surface area contributed by atoms with Gasteiger partial charge in [-0.25, -0.2) is 4.99 Å². The van der Waals surface area contributed by atoms with Gasteiger partial charge in [0.05, 0.1) is 13.2 Å². The van der Waals surface area contributed by atoms with E-state index in [0.717, 1.165) is 57.3 Å². The number of likely N-dealkylation sites (N-methyl/N-ethyl adjacent to an activating group) is 1. The molecule has 0 spiro atoms. The molecule has 1 aromatic carbocycles. The van der Waals surface area contributed by atoms with Crippen LogP contribution in [0.4, 0.5) is 13.2 Å². The first-order valence-electron chi connectivity index (χ1n) is 10.9. The van der Waals surface area contributed by atoms with Crippen LogP contribution in [0.1, 0.15) is 25.0 Å². The van der Waals surface area contributed by atoms with E-state index in [-0.39, 0.29) is 30.6 Å². The second-order valence-corrected chi connectivity index (χ2v) is 8.21. The number of alkyl halides is 3. The molecule has 0 aromatic heterocycles. The molecular formula is C22H37F3IN5O. The smallest absolute Gasteiger partial charge is 0.367 e. The molecule has 1 fully saturated rings. The molecule has 2 rings (SSSR count). The van der Waals surface area contributed by atoms with Crippen molar-refractivity contribution in [1.29, 1.82) is 0 Å². The largest absolute Gasteiger partial charge is 0.411 e. The number of aliphatic imine (C=N–C) groups is 1. The summed E-state index contributed by atoms with van der Waals surface area (Å²) in [5, 5.41) is 6.68. The molecule has 1 aliphatic heterocycles. The summed E-state index contributed by atoms with van der Waals surface area (Å²) in [7, 11) is 2.16. The molecule has 1 aromatic rings. The molecule has 0 aliphatic carbocycles. The third kappa shape index (κ3) is 12.2. The van der Waals surface area contributed by atoms with Gasteiger partial charge in [-0.15, -0.1) is 24.0 Å². The van der Waals surface area contributed by atoms with Crippen LogP contribution in [-0.4, -0.2) is 81.4 Å². The normalized spacial score (nSPS) is 17.0. The quantitative estimate of drug-likeness (QED) is 0.257. The number of guanidine groups is 1. The maximum atomic E-state index is 12.1. The average Bonchev–Trinajstić information content (AvgIpc) is 2.72. The molecule has 32 heavy (non-hydrogen) atoms. The van der Waals surface area contributed by atoms with E-state index in [4.69, 9.17) is 0 Å². The van der Waals surface area contributed by atoms with Gasteiger partial charge >= 0.3 is 6.18 Å². The lowest BCUT2D eigenvalue weighted by atomic mass is 10.1. The Morgan fingerprint density at radius 2 is 1.72 bits per heavy atom. The third-order valence-corrected chi connectivity index (χ3v) is 5.11. The number of rotatable bonds is 10. The lowest BCUT2D eigenvalue weighted by molar-refractivity contribution is -0.176. The molecule has 10 heteroatoms. The van der Waals surface area contributed by atoms with Gasteiger partial charge in [-0.1, -0.05) is 31.2 Å². The van der Waals surface area contributed by atoms with Crippen molar-refractivity contribution in [2.75, 3.05) is 59.5 Å². The van der Waals surface area contributed by atoms with Crippen molar-refractivity contribution in [1.82, 2.24) is 20.4 Å². The maximum absolute atomic E-state index is 12.1. The van der Waals surface area contributed by atoms with E-state index < -0.39 is 12.8 Å². The molecule has 0 radical (unpaired) electrons. The minimum atomic E-state index is -4.30. The van der Waals surface area contributed by atoms with Gasteiger partial charge in [0.15, 0.2) is 5.96 Å². The summed E-state index contributed by atoms with van der Waals surface area (Å²) < 4.78 is 41.1. The Balaban J connectivity index is 0.00000512. The van der Waals surface area contributed by atoms with Gasteiger partial charge in [-0.2, -0.15) is 13.2 Å². The highest BCUT2D eigenvalue weighted by Gasteiger charge is 2.27. The summed E-state index contributed by atoms with van der Waals surface area (Å²) >= 11 is 0. The predicted octanol–water partition coefficient (Wildman–Crippen LogP) is 3.32. The minimum Gasteiger partial charge on any atom is -0.367 e. The van der Waals surface area contributed by atoms with Crippen LogP contribution < -0.4 is 10.6 Å². The Hall–Kier alpha value is -1.11. The third-order valence-electron chi connectivity index (χ3n) is 5.11. The molecule has 1 heterocycles.